The summed E-state index contributed by atoms with van der Waals surface area (Å²) >= 11 is 0. The fourth-order valence-electron chi connectivity index (χ4n) is 5.84. The number of hydrogen-bond donors (Lipinski definition) is 4. The van der Waals surface area contributed by atoms with Crippen molar-refractivity contribution >= 4 is 16.4 Å². The van der Waals surface area contributed by atoms with Gasteiger partial charge in [0.05, 0.1) is 19.8 Å². The molecule has 6 atom stereocenters. The number of aliphatic hydroxyl groups excluding tert-OH is 3. The molecule has 310 valence electrons. The molecule has 1 heterocycles. The zero-order chi connectivity index (χ0) is 39.0. The van der Waals surface area contributed by atoms with E-state index in [0.717, 1.165) is 83.5 Å². The Bertz CT molecular complexity index is 1080. The zero-order valence-corrected chi connectivity index (χ0v) is 33.4. The standard InChI is InChI=1S/C40H72O12S/c1-3-5-7-9-11-13-15-16-17-18-20-22-24-26-28-30-48-32-34(50-36(42)29-27-25-23-21-19-14-12-10-8-6-4-2)33-49-40-38(44)39(52-53(45,46)47)37(43)35(31-41)51-40/h9-12,15-16,34-35,37-41,43-44H,3-8,13-14,17-33H2,1-2H3,(H,45,46,47)/b11-9-,12-10-,16-15-. The summed E-state index contributed by atoms with van der Waals surface area (Å²) in [7, 11) is -5.06. The summed E-state index contributed by atoms with van der Waals surface area (Å²) in [6.45, 7) is 3.85. The van der Waals surface area contributed by atoms with E-state index < -0.39 is 59.8 Å². The van der Waals surface area contributed by atoms with Crippen LogP contribution in [0.4, 0.5) is 0 Å². The largest absolute Gasteiger partial charge is 0.457 e. The Hall–Kier alpha value is -1.68. The van der Waals surface area contributed by atoms with E-state index >= 15 is 0 Å². The molecule has 0 amide bonds. The molecule has 0 bridgehead atoms. The van der Waals surface area contributed by atoms with E-state index in [9.17, 15) is 28.5 Å². The highest BCUT2D eigenvalue weighted by Crippen LogP contribution is 2.26. The van der Waals surface area contributed by atoms with Gasteiger partial charge < -0.3 is 34.3 Å². The number of allylic oxidation sites excluding steroid dienone is 6. The molecular weight excluding hydrogens is 704 g/mol. The monoisotopic (exact) mass is 776 g/mol. The van der Waals surface area contributed by atoms with Crippen molar-refractivity contribution in [2.75, 3.05) is 26.4 Å². The molecule has 1 saturated heterocycles. The summed E-state index contributed by atoms with van der Waals surface area (Å²) in [5, 5.41) is 30.5. The minimum Gasteiger partial charge on any atom is -0.457 e. The quantitative estimate of drug-likeness (QED) is 0.0220. The van der Waals surface area contributed by atoms with Crippen LogP contribution in [0, 0.1) is 0 Å². The predicted molar refractivity (Wildman–Crippen MR) is 207 cm³/mol. The molecule has 0 aromatic rings. The third kappa shape index (κ3) is 26.7. The minimum atomic E-state index is -5.06. The first-order chi connectivity index (χ1) is 25.6. The van der Waals surface area contributed by atoms with Gasteiger partial charge in [-0.1, -0.05) is 121 Å². The van der Waals surface area contributed by atoms with Crippen LogP contribution in [0.5, 0.6) is 0 Å². The third-order valence-electron chi connectivity index (χ3n) is 8.98. The maximum absolute atomic E-state index is 12.8. The average molecular weight is 777 g/mol. The topological polar surface area (TPSA) is 178 Å². The van der Waals surface area contributed by atoms with Crippen LogP contribution < -0.4 is 0 Å². The van der Waals surface area contributed by atoms with E-state index in [1.807, 2.05) is 0 Å². The van der Waals surface area contributed by atoms with Crippen molar-refractivity contribution in [1.82, 2.24) is 0 Å². The van der Waals surface area contributed by atoms with Crippen LogP contribution in [-0.2, 0) is 38.3 Å². The Morgan fingerprint density at radius 2 is 1.25 bits per heavy atom. The number of hydrogen-bond acceptors (Lipinski definition) is 11. The maximum atomic E-state index is 12.8. The normalized spacial score (nSPS) is 21.7. The van der Waals surface area contributed by atoms with Gasteiger partial charge in [-0.05, 0) is 57.8 Å². The van der Waals surface area contributed by atoms with E-state index in [1.54, 1.807) is 0 Å². The van der Waals surface area contributed by atoms with Crippen molar-refractivity contribution in [2.45, 2.75) is 185 Å². The average Bonchev–Trinajstić information content (AvgIpc) is 3.12. The summed E-state index contributed by atoms with van der Waals surface area (Å²) in [5.74, 6) is -0.416. The second kappa shape index (κ2) is 32.6. The fraction of sp³-hybridized carbons (Fsp3) is 0.825. The van der Waals surface area contributed by atoms with Crippen LogP contribution >= 0.6 is 0 Å². The third-order valence-corrected chi connectivity index (χ3v) is 9.45. The Balaban J connectivity index is 2.49. The molecule has 12 nitrogen and oxygen atoms in total. The summed E-state index contributed by atoms with van der Waals surface area (Å²) < 4.78 is 58.8. The van der Waals surface area contributed by atoms with Crippen LogP contribution in [0.25, 0.3) is 0 Å². The smallest absolute Gasteiger partial charge is 0.397 e. The molecular formula is C40H72O12S. The Labute approximate surface area is 320 Å². The van der Waals surface area contributed by atoms with Gasteiger partial charge in [-0.15, -0.1) is 0 Å². The van der Waals surface area contributed by atoms with E-state index in [-0.39, 0.29) is 19.6 Å². The van der Waals surface area contributed by atoms with Gasteiger partial charge in [0, 0.05) is 13.0 Å². The molecule has 1 aliphatic rings. The van der Waals surface area contributed by atoms with Gasteiger partial charge in [-0.3, -0.25) is 9.35 Å². The van der Waals surface area contributed by atoms with Crippen molar-refractivity contribution in [3.8, 4) is 0 Å². The van der Waals surface area contributed by atoms with Crippen molar-refractivity contribution in [1.29, 1.82) is 0 Å². The van der Waals surface area contributed by atoms with Crippen molar-refractivity contribution in [3.63, 3.8) is 0 Å². The van der Waals surface area contributed by atoms with E-state index in [4.69, 9.17) is 23.5 Å². The summed E-state index contributed by atoms with van der Waals surface area (Å²) in [4.78, 5) is 12.8. The molecule has 0 saturated carbocycles. The SMILES string of the molecule is CCCC/C=C\C/C=C\CCCCCCCCOCC(COC1OC(CO)C(O)C(OS(=O)(=O)O)C1O)OC(=O)CCCCCCC/C=C\CCCC. The van der Waals surface area contributed by atoms with Crippen LogP contribution in [-0.4, -0.2) is 97.5 Å². The minimum absolute atomic E-state index is 0.0253. The van der Waals surface area contributed by atoms with Gasteiger partial charge in [0.25, 0.3) is 0 Å². The second-order valence-electron chi connectivity index (χ2n) is 13.9. The number of unbranched alkanes of at least 4 members (excludes halogenated alkanes) is 15. The summed E-state index contributed by atoms with van der Waals surface area (Å²) in [6, 6.07) is 0. The highest BCUT2D eigenvalue weighted by Gasteiger charge is 2.48. The lowest BCUT2D eigenvalue weighted by molar-refractivity contribution is -0.301. The number of ether oxygens (including phenoxy) is 4. The zero-order valence-electron chi connectivity index (χ0n) is 32.6. The summed E-state index contributed by atoms with van der Waals surface area (Å²) in [6.07, 6.45) is 26.1. The first kappa shape index (κ1) is 49.3. The molecule has 1 aliphatic heterocycles. The van der Waals surface area contributed by atoms with Crippen LogP contribution in [0.15, 0.2) is 36.5 Å². The number of aliphatic hydroxyl groups is 3. The number of carbonyl (C=O) groups excluding carboxylic acids is 1. The fourth-order valence-corrected chi connectivity index (χ4v) is 6.35. The first-order valence-corrected chi connectivity index (χ1v) is 21.6. The lowest BCUT2D eigenvalue weighted by Crippen LogP contribution is -2.60. The number of rotatable bonds is 34. The van der Waals surface area contributed by atoms with Crippen molar-refractivity contribution in [2.24, 2.45) is 0 Å². The number of esters is 1. The lowest BCUT2D eigenvalue weighted by atomic mass is 9.99. The van der Waals surface area contributed by atoms with Gasteiger partial charge in [-0.2, -0.15) is 8.42 Å². The van der Waals surface area contributed by atoms with Crippen LogP contribution in [0.2, 0.25) is 0 Å². The first-order valence-electron chi connectivity index (χ1n) is 20.2. The van der Waals surface area contributed by atoms with Crippen molar-refractivity contribution < 1.29 is 56.2 Å². The molecule has 0 radical (unpaired) electrons. The van der Waals surface area contributed by atoms with E-state index in [2.05, 4.69) is 54.5 Å². The lowest BCUT2D eigenvalue weighted by Gasteiger charge is -2.41. The van der Waals surface area contributed by atoms with E-state index in [0.29, 0.717) is 13.0 Å². The second-order valence-corrected chi connectivity index (χ2v) is 14.9. The molecule has 6 unspecified atom stereocenters. The van der Waals surface area contributed by atoms with Crippen LogP contribution in [0.3, 0.4) is 0 Å². The molecule has 1 fully saturated rings. The molecule has 53 heavy (non-hydrogen) atoms. The summed E-state index contributed by atoms with van der Waals surface area (Å²) in [5.41, 5.74) is 0. The molecule has 4 N–H and O–H groups in total. The van der Waals surface area contributed by atoms with Gasteiger partial charge >= 0.3 is 16.4 Å². The van der Waals surface area contributed by atoms with Crippen LogP contribution in [0.1, 0.15) is 149 Å². The molecule has 13 heteroatoms. The Kier molecular flexibility index (Phi) is 30.3. The molecule has 0 aromatic carbocycles. The Morgan fingerprint density at radius 3 is 1.81 bits per heavy atom. The van der Waals surface area contributed by atoms with Gasteiger partial charge in [0.2, 0.25) is 0 Å². The highest BCUT2D eigenvalue weighted by atomic mass is 32.3. The molecule has 0 spiro atoms. The van der Waals surface area contributed by atoms with Gasteiger partial charge in [0.1, 0.15) is 30.5 Å². The predicted octanol–water partition coefficient (Wildman–Crippen LogP) is 7.46. The van der Waals surface area contributed by atoms with Gasteiger partial charge in [-0.25, -0.2) is 4.18 Å². The van der Waals surface area contributed by atoms with Crippen molar-refractivity contribution in [3.05, 3.63) is 36.5 Å². The highest BCUT2D eigenvalue weighted by molar-refractivity contribution is 7.80. The maximum Gasteiger partial charge on any atom is 0.397 e. The number of carbonyl (C=O) groups is 1. The van der Waals surface area contributed by atoms with E-state index in [1.165, 1.54) is 38.5 Å². The van der Waals surface area contributed by atoms with Gasteiger partial charge in [0.15, 0.2) is 6.29 Å². The molecule has 1 rings (SSSR count). The Morgan fingerprint density at radius 1 is 0.717 bits per heavy atom. The molecule has 0 aliphatic carbocycles. The molecule has 0 aromatic heterocycles.